The first-order valence-corrected chi connectivity index (χ1v) is 6.32. The number of hydrogen-bond acceptors (Lipinski definition) is 5. The Labute approximate surface area is 115 Å². The van der Waals surface area contributed by atoms with Gasteiger partial charge in [0.05, 0.1) is 6.61 Å². The second-order valence-corrected chi connectivity index (χ2v) is 4.72. The zero-order chi connectivity index (χ0) is 15.2. The van der Waals surface area contributed by atoms with Gasteiger partial charge in [0.25, 0.3) is 0 Å². The Morgan fingerprint density at radius 3 is 2.60 bits per heavy atom. The van der Waals surface area contributed by atoms with E-state index in [1.807, 2.05) is 0 Å². The van der Waals surface area contributed by atoms with Gasteiger partial charge < -0.3 is 15.8 Å². The molecule has 0 atom stereocenters. The second-order valence-electron chi connectivity index (χ2n) is 4.72. The van der Waals surface area contributed by atoms with Crippen molar-refractivity contribution in [3.8, 4) is 0 Å². The van der Waals surface area contributed by atoms with E-state index in [4.69, 9.17) is 10.5 Å². The van der Waals surface area contributed by atoms with E-state index in [0.717, 1.165) is 6.42 Å². The van der Waals surface area contributed by atoms with Crippen molar-refractivity contribution in [1.29, 1.82) is 0 Å². The Morgan fingerprint density at radius 1 is 1.30 bits per heavy atom. The predicted molar refractivity (Wildman–Crippen MR) is 70.2 cm³/mol. The third-order valence-corrected chi connectivity index (χ3v) is 2.39. The van der Waals surface area contributed by atoms with E-state index in [0.29, 0.717) is 25.7 Å². The van der Waals surface area contributed by atoms with E-state index in [9.17, 15) is 13.2 Å². The standard InChI is InChI=1S/C12H19F3N4O/c1-8(2)3-5-20-6-4-17-10-7-9(16)18-11(19-10)12(13,14)15/h7-8H,3-6H2,1-2H3,(H3,16,17,18,19). The molecular weight excluding hydrogens is 273 g/mol. The van der Waals surface area contributed by atoms with E-state index in [2.05, 4.69) is 29.1 Å². The molecule has 5 nitrogen and oxygen atoms in total. The van der Waals surface area contributed by atoms with Crippen molar-refractivity contribution in [1.82, 2.24) is 9.97 Å². The van der Waals surface area contributed by atoms with Gasteiger partial charge in [0.1, 0.15) is 11.6 Å². The smallest absolute Gasteiger partial charge is 0.384 e. The van der Waals surface area contributed by atoms with Crippen molar-refractivity contribution in [3.63, 3.8) is 0 Å². The van der Waals surface area contributed by atoms with Crippen LogP contribution in [0.15, 0.2) is 6.07 Å². The fourth-order valence-corrected chi connectivity index (χ4v) is 1.36. The molecule has 0 aliphatic heterocycles. The summed E-state index contributed by atoms with van der Waals surface area (Å²) in [4.78, 5) is 6.52. The van der Waals surface area contributed by atoms with Gasteiger partial charge in [-0.15, -0.1) is 0 Å². The molecule has 0 radical (unpaired) electrons. The summed E-state index contributed by atoms with van der Waals surface area (Å²) >= 11 is 0. The molecule has 0 spiro atoms. The highest BCUT2D eigenvalue weighted by Crippen LogP contribution is 2.27. The van der Waals surface area contributed by atoms with Crippen molar-refractivity contribution in [3.05, 3.63) is 11.9 Å². The minimum absolute atomic E-state index is 0.0392. The summed E-state index contributed by atoms with van der Waals surface area (Å²) < 4.78 is 42.8. The van der Waals surface area contributed by atoms with Crippen LogP contribution in [0, 0.1) is 5.92 Å². The lowest BCUT2D eigenvalue weighted by atomic mass is 10.1. The van der Waals surface area contributed by atoms with Crippen LogP contribution in [0.2, 0.25) is 0 Å². The minimum Gasteiger partial charge on any atom is -0.384 e. The molecule has 0 aliphatic carbocycles. The first kappa shape index (κ1) is 16.5. The number of aromatic nitrogens is 2. The Hall–Kier alpha value is -1.57. The van der Waals surface area contributed by atoms with Crippen molar-refractivity contribution in [2.75, 3.05) is 30.8 Å². The lowest BCUT2D eigenvalue weighted by molar-refractivity contribution is -0.144. The SMILES string of the molecule is CC(C)CCOCCNc1cc(N)nc(C(F)(F)F)n1. The highest BCUT2D eigenvalue weighted by molar-refractivity contribution is 5.44. The summed E-state index contributed by atoms with van der Waals surface area (Å²) in [6.45, 7) is 5.54. The number of nitrogens with one attached hydrogen (secondary N) is 1. The van der Waals surface area contributed by atoms with Crippen molar-refractivity contribution in [2.45, 2.75) is 26.4 Å². The number of nitrogen functional groups attached to an aromatic ring is 1. The summed E-state index contributed by atoms with van der Waals surface area (Å²) in [6, 6.07) is 1.25. The topological polar surface area (TPSA) is 73.1 Å². The molecular formula is C12H19F3N4O. The molecule has 1 aromatic heterocycles. The summed E-state index contributed by atoms with van der Waals surface area (Å²) in [5, 5.41) is 2.73. The molecule has 0 unspecified atom stereocenters. The maximum atomic E-state index is 12.5. The van der Waals surface area contributed by atoms with Crippen LogP contribution < -0.4 is 11.1 Å². The molecule has 0 bridgehead atoms. The van der Waals surface area contributed by atoms with E-state index >= 15 is 0 Å². The number of ether oxygens (including phenoxy) is 1. The normalized spacial score (nSPS) is 11.9. The van der Waals surface area contributed by atoms with Crippen LogP contribution in [0.3, 0.4) is 0 Å². The number of anilines is 2. The molecule has 1 aromatic rings. The van der Waals surface area contributed by atoms with Crippen LogP contribution in [0.1, 0.15) is 26.1 Å². The minimum atomic E-state index is -4.61. The number of nitrogens with zero attached hydrogens (tertiary/aromatic N) is 2. The molecule has 0 saturated heterocycles. The largest absolute Gasteiger partial charge is 0.451 e. The number of hydrogen-bond donors (Lipinski definition) is 2. The Bertz CT molecular complexity index is 424. The van der Waals surface area contributed by atoms with Crippen molar-refractivity contribution >= 4 is 11.6 Å². The number of alkyl halides is 3. The van der Waals surface area contributed by atoms with Crippen molar-refractivity contribution < 1.29 is 17.9 Å². The van der Waals surface area contributed by atoms with Gasteiger partial charge in [-0.3, -0.25) is 0 Å². The molecule has 0 aromatic carbocycles. The highest BCUT2D eigenvalue weighted by atomic mass is 19.4. The summed E-state index contributed by atoms with van der Waals surface area (Å²) in [5.74, 6) is -0.882. The number of halogens is 3. The van der Waals surface area contributed by atoms with Crippen LogP contribution in [-0.4, -0.2) is 29.7 Å². The fraction of sp³-hybridized carbons (Fsp3) is 0.667. The molecule has 114 valence electrons. The van der Waals surface area contributed by atoms with Gasteiger partial charge in [-0.05, 0) is 12.3 Å². The molecule has 8 heteroatoms. The molecule has 20 heavy (non-hydrogen) atoms. The van der Waals surface area contributed by atoms with Gasteiger partial charge in [-0.2, -0.15) is 13.2 Å². The van der Waals surface area contributed by atoms with E-state index < -0.39 is 12.0 Å². The lowest BCUT2D eigenvalue weighted by Crippen LogP contribution is -2.16. The summed E-state index contributed by atoms with van der Waals surface area (Å²) in [7, 11) is 0. The third-order valence-electron chi connectivity index (χ3n) is 2.39. The van der Waals surface area contributed by atoms with E-state index in [1.165, 1.54) is 6.07 Å². The molecule has 0 saturated carbocycles. The Kier molecular flexibility index (Phi) is 6.00. The Morgan fingerprint density at radius 2 is 2.00 bits per heavy atom. The van der Waals surface area contributed by atoms with Gasteiger partial charge in [0.2, 0.25) is 5.82 Å². The summed E-state index contributed by atoms with van der Waals surface area (Å²) in [5.41, 5.74) is 5.32. The number of nitrogens with two attached hydrogens (primary N) is 1. The zero-order valence-corrected chi connectivity index (χ0v) is 11.5. The molecule has 0 fully saturated rings. The van der Waals surface area contributed by atoms with Crippen LogP contribution in [-0.2, 0) is 10.9 Å². The van der Waals surface area contributed by atoms with Gasteiger partial charge in [-0.25, -0.2) is 9.97 Å². The average molecular weight is 292 g/mol. The monoisotopic (exact) mass is 292 g/mol. The lowest BCUT2D eigenvalue weighted by Gasteiger charge is -2.10. The Balaban J connectivity index is 2.42. The van der Waals surface area contributed by atoms with Crippen LogP contribution in [0.4, 0.5) is 24.8 Å². The maximum absolute atomic E-state index is 12.5. The third kappa shape index (κ3) is 6.05. The first-order chi connectivity index (χ1) is 9.29. The van der Waals surface area contributed by atoms with E-state index in [-0.39, 0.29) is 11.6 Å². The van der Waals surface area contributed by atoms with Gasteiger partial charge in [-0.1, -0.05) is 13.8 Å². The average Bonchev–Trinajstić information content (AvgIpc) is 2.31. The molecule has 1 heterocycles. The van der Waals surface area contributed by atoms with Gasteiger partial charge in [0.15, 0.2) is 0 Å². The van der Waals surface area contributed by atoms with Crippen LogP contribution in [0.5, 0.6) is 0 Å². The molecule has 3 N–H and O–H groups in total. The van der Waals surface area contributed by atoms with Crippen LogP contribution in [0.25, 0.3) is 0 Å². The van der Waals surface area contributed by atoms with E-state index in [1.54, 1.807) is 0 Å². The molecule has 0 aliphatic rings. The zero-order valence-electron chi connectivity index (χ0n) is 11.5. The highest BCUT2D eigenvalue weighted by Gasteiger charge is 2.35. The summed E-state index contributed by atoms with van der Waals surface area (Å²) in [6.07, 6.45) is -3.67. The fourth-order valence-electron chi connectivity index (χ4n) is 1.36. The molecule has 1 rings (SSSR count). The van der Waals surface area contributed by atoms with Gasteiger partial charge >= 0.3 is 6.18 Å². The van der Waals surface area contributed by atoms with Gasteiger partial charge in [0, 0.05) is 19.2 Å². The quantitative estimate of drug-likeness (QED) is 0.756. The van der Waals surface area contributed by atoms with Crippen molar-refractivity contribution in [2.24, 2.45) is 5.92 Å². The van der Waals surface area contributed by atoms with Crippen LogP contribution >= 0.6 is 0 Å². The predicted octanol–water partition coefficient (Wildman–Crippen LogP) is 2.55. The molecule has 0 amide bonds. The second kappa shape index (κ2) is 7.28. The number of rotatable bonds is 7. The first-order valence-electron chi connectivity index (χ1n) is 6.32. The maximum Gasteiger partial charge on any atom is 0.451 e.